The fourth-order valence-electron chi connectivity index (χ4n) is 13.3. The summed E-state index contributed by atoms with van der Waals surface area (Å²) in [5.41, 5.74) is -11.1. The summed E-state index contributed by atoms with van der Waals surface area (Å²) < 4.78 is 56.1. The van der Waals surface area contributed by atoms with Gasteiger partial charge in [0.1, 0.15) is 39.9 Å². The van der Waals surface area contributed by atoms with E-state index in [1.54, 1.807) is 33.8 Å². The van der Waals surface area contributed by atoms with Crippen LogP contribution in [0.15, 0.2) is 46.9 Å². The van der Waals surface area contributed by atoms with Crippen molar-refractivity contribution in [3.05, 3.63) is 42.0 Å². The lowest BCUT2D eigenvalue weighted by Gasteiger charge is -2.65. The van der Waals surface area contributed by atoms with Crippen LogP contribution in [0.3, 0.4) is 0 Å². The highest BCUT2D eigenvalue weighted by molar-refractivity contribution is 7.99. The van der Waals surface area contributed by atoms with E-state index in [9.17, 15) is 34.5 Å². The number of allylic oxidation sites excluding steroid dienone is 1. The lowest BCUT2D eigenvalue weighted by molar-refractivity contribution is -0.317. The van der Waals surface area contributed by atoms with E-state index >= 15 is 0 Å². The van der Waals surface area contributed by atoms with Gasteiger partial charge in [0.2, 0.25) is 0 Å². The summed E-state index contributed by atoms with van der Waals surface area (Å²) in [4.78, 5) is 56.1. The summed E-state index contributed by atoms with van der Waals surface area (Å²) in [6, 6.07) is 9.59. The van der Waals surface area contributed by atoms with Crippen molar-refractivity contribution in [2.24, 2.45) is 34.0 Å². The fraction of sp³-hybridized carbons (Fsp3) is 0.707. The number of carbonyl (C=O) groups is 4. The molecule has 1 aromatic carbocycles. The van der Waals surface area contributed by atoms with Crippen molar-refractivity contribution < 1.29 is 77.1 Å². The largest absolute Gasteiger partial charge is 0.468 e. The number of benzene rings is 1. The number of esters is 4. The molecule has 3 aliphatic carbocycles. The van der Waals surface area contributed by atoms with Crippen LogP contribution in [-0.2, 0) is 61.8 Å². The normalized spacial score (nSPS) is 50.5. The van der Waals surface area contributed by atoms with Crippen LogP contribution in [0, 0.1) is 34.0 Å². The summed E-state index contributed by atoms with van der Waals surface area (Å²) in [6.45, 7) is 6.88. The van der Waals surface area contributed by atoms with Crippen LogP contribution < -0.4 is 0 Å². The second-order valence-corrected chi connectivity index (χ2v) is 18.9. The molecule has 1 aromatic rings. The van der Waals surface area contributed by atoms with Crippen LogP contribution in [0.2, 0.25) is 0 Å². The number of rotatable bonds is 7. The standard InChI is InChI=1S/C41H50O16S/c1-8-19(2)30(43)54-23-15-24(53-20(3)42)38(32(44)49-6)17-51-27-28(38)37(23)18-52-40(47,33(45)50-7)31(37)35(4)29(27)57-36(5)22-14-25(41(35,36)48)55-34-39(22,46)16-26(56-34)58-21-12-10-9-11-13-21/h8-13,22-29,31,34,46-48H,14-18H2,1-7H3/b19-8+/t22-,23+,24-,25+,26?,27-,28-,29-,31+,34-,35-,36-,37+,38+,39+,40?,41+/m1/s1. The van der Waals surface area contributed by atoms with E-state index < -0.39 is 129 Å². The van der Waals surface area contributed by atoms with Gasteiger partial charge in [0.05, 0.1) is 45.7 Å². The predicted octanol–water partition coefficient (Wildman–Crippen LogP) is 1.79. The zero-order chi connectivity index (χ0) is 41.6. The Bertz CT molecular complexity index is 1960. The maximum Gasteiger partial charge on any atom is 0.366 e. The molecule has 2 bridgehead atoms. The molecular formula is C41H50O16S. The summed E-state index contributed by atoms with van der Waals surface area (Å²) >= 11 is 1.43. The van der Waals surface area contributed by atoms with Crippen LogP contribution in [0.4, 0.5) is 0 Å². The van der Waals surface area contributed by atoms with E-state index in [2.05, 4.69) is 0 Å². The summed E-state index contributed by atoms with van der Waals surface area (Å²) in [5.74, 6) is -9.90. The van der Waals surface area contributed by atoms with Gasteiger partial charge in [-0.15, -0.1) is 0 Å². The molecule has 5 heterocycles. The Morgan fingerprint density at radius 1 is 0.914 bits per heavy atom. The molecule has 5 aliphatic heterocycles. The SMILES string of the molecule is C/C=C(\C)C(=O)O[C@H]1C[C@@H](OC(C)=O)[C@@]2(C(=O)OC)CO[C@H]3[C@H]4O[C@]5(C)[C@H]6C[C@H](O[C@@H]7OC(Sc8ccccc8)C[C@@]76O)[C@]5(O)[C@@]4(C)[C@@H]4C(O)(C(=O)OC)OC[C@@]14[C@@H]32. The lowest BCUT2D eigenvalue weighted by atomic mass is 9.37. The molecule has 9 rings (SSSR count). The van der Waals surface area contributed by atoms with Crippen LogP contribution in [0.1, 0.15) is 53.9 Å². The minimum atomic E-state index is -2.84. The molecule has 16 nitrogen and oxygen atoms in total. The predicted molar refractivity (Wildman–Crippen MR) is 196 cm³/mol. The van der Waals surface area contributed by atoms with Crippen LogP contribution in [0.25, 0.3) is 0 Å². The van der Waals surface area contributed by atoms with E-state index in [1.807, 2.05) is 30.3 Å². The van der Waals surface area contributed by atoms with Gasteiger partial charge < -0.3 is 58.0 Å². The molecule has 1 spiro atoms. The smallest absolute Gasteiger partial charge is 0.366 e. The van der Waals surface area contributed by atoms with Crippen molar-refractivity contribution in [1.82, 2.24) is 0 Å². The van der Waals surface area contributed by atoms with Gasteiger partial charge in [0, 0.05) is 58.8 Å². The van der Waals surface area contributed by atoms with Gasteiger partial charge in [0.15, 0.2) is 6.29 Å². The van der Waals surface area contributed by atoms with Crippen molar-refractivity contribution >= 4 is 35.6 Å². The molecule has 3 saturated carbocycles. The summed E-state index contributed by atoms with van der Waals surface area (Å²) in [7, 11) is 2.27. The van der Waals surface area contributed by atoms with E-state index in [1.165, 1.54) is 25.8 Å². The Morgan fingerprint density at radius 3 is 2.28 bits per heavy atom. The summed E-state index contributed by atoms with van der Waals surface area (Å²) in [6.07, 6.45) is -5.79. The fourth-order valence-corrected chi connectivity index (χ4v) is 14.4. The number of ether oxygens (including phenoxy) is 9. The molecule has 8 aliphatic rings. The second kappa shape index (κ2) is 12.9. The Hall–Kier alpha value is -3.13. The molecule has 17 atom stereocenters. The van der Waals surface area contributed by atoms with Crippen molar-refractivity contribution in [3.8, 4) is 0 Å². The summed E-state index contributed by atoms with van der Waals surface area (Å²) in [5, 5.41) is 39.4. The average molecular weight is 831 g/mol. The molecule has 0 radical (unpaired) electrons. The zero-order valence-electron chi connectivity index (χ0n) is 33.3. The molecular weight excluding hydrogens is 781 g/mol. The Morgan fingerprint density at radius 2 is 1.62 bits per heavy atom. The number of aliphatic hydroxyl groups is 3. The van der Waals surface area contributed by atoms with Crippen LogP contribution in [-0.4, -0.2) is 131 Å². The molecule has 58 heavy (non-hydrogen) atoms. The van der Waals surface area contributed by atoms with Crippen molar-refractivity contribution in [2.75, 3.05) is 27.4 Å². The minimum Gasteiger partial charge on any atom is -0.468 e. The number of hydrogen-bond acceptors (Lipinski definition) is 17. The van der Waals surface area contributed by atoms with Gasteiger partial charge >= 0.3 is 23.9 Å². The Balaban J connectivity index is 1.24. The molecule has 316 valence electrons. The van der Waals surface area contributed by atoms with Gasteiger partial charge in [-0.25, -0.2) is 9.59 Å². The highest BCUT2D eigenvalue weighted by atomic mass is 32.2. The number of fused-ring (bicyclic) bond motifs is 11. The first-order valence-electron chi connectivity index (χ1n) is 19.7. The first-order chi connectivity index (χ1) is 27.4. The third kappa shape index (κ3) is 4.60. The van der Waals surface area contributed by atoms with Gasteiger partial charge in [-0.2, -0.15) is 0 Å². The first kappa shape index (κ1) is 40.3. The maximum atomic E-state index is 14.4. The molecule has 2 unspecified atom stereocenters. The van der Waals surface area contributed by atoms with Gasteiger partial charge in [-0.1, -0.05) is 43.0 Å². The number of carbonyl (C=O) groups excluding carboxylic acids is 4. The lowest BCUT2D eigenvalue weighted by Crippen LogP contribution is -2.79. The number of hydrogen-bond donors (Lipinski definition) is 3. The maximum absolute atomic E-state index is 14.4. The van der Waals surface area contributed by atoms with Crippen molar-refractivity contribution in [3.63, 3.8) is 0 Å². The van der Waals surface area contributed by atoms with E-state index in [-0.39, 0.29) is 31.4 Å². The van der Waals surface area contributed by atoms with Gasteiger partial charge in [0.25, 0.3) is 5.79 Å². The highest BCUT2D eigenvalue weighted by Gasteiger charge is 2.95. The number of methoxy groups -OCH3 is 2. The van der Waals surface area contributed by atoms with Gasteiger partial charge in [-0.3, -0.25) is 9.59 Å². The molecule has 3 N–H and O–H groups in total. The van der Waals surface area contributed by atoms with Crippen molar-refractivity contribution in [2.45, 2.75) is 124 Å². The van der Waals surface area contributed by atoms with Gasteiger partial charge in [-0.05, 0) is 39.3 Å². The molecule has 0 aromatic heterocycles. The topological polar surface area (TPSA) is 212 Å². The van der Waals surface area contributed by atoms with E-state index in [0.29, 0.717) is 0 Å². The van der Waals surface area contributed by atoms with Crippen LogP contribution in [0.5, 0.6) is 0 Å². The monoisotopic (exact) mass is 830 g/mol. The Kier molecular flexibility index (Phi) is 8.99. The third-order valence-corrected chi connectivity index (χ3v) is 16.6. The minimum absolute atomic E-state index is 0.111. The molecule has 0 amide bonds. The second-order valence-electron chi connectivity index (χ2n) is 17.6. The van der Waals surface area contributed by atoms with Crippen molar-refractivity contribution in [1.29, 1.82) is 0 Å². The van der Waals surface area contributed by atoms with E-state index in [0.717, 1.165) is 12.0 Å². The average Bonchev–Trinajstić information content (AvgIpc) is 3.94. The van der Waals surface area contributed by atoms with Crippen LogP contribution >= 0.6 is 11.8 Å². The molecule has 8 fully saturated rings. The Labute approximate surface area is 339 Å². The third-order valence-electron chi connectivity index (χ3n) is 15.5. The first-order valence-corrected chi connectivity index (χ1v) is 20.6. The number of thioether (sulfide) groups is 1. The quantitative estimate of drug-likeness (QED) is 0.203. The molecule has 17 heteroatoms. The van der Waals surface area contributed by atoms with E-state index in [4.69, 9.17) is 42.6 Å². The highest BCUT2D eigenvalue weighted by Crippen LogP contribution is 2.81. The zero-order valence-corrected chi connectivity index (χ0v) is 34.1. The molecule has 5 saturated heterocycles.